The van der Waals surface area contributed by atoms with Crippen LogP contribution in [-0.4, -0.2) is 80.8 Å². The van der Waals surface area contributed by atoms with E-state index in [9.17, 15) is 29.7 Å². The second-order valence-corrected chi connectivity index (χ2v) is 5.34. The fourth-order valence-electron chi connectivity index (χ4n) is 2.36. The third-order valence-corrected chi connectivity index (χ3v) is 3.47. The molecule has 11 nitrogen and oxygen atoms in total. The minimum Gasteiger partial charge on any atom is -0.394 e. The van der Waals surface area contributed by atoms with E-state index in [1.54, 1.807) is 0 Å². The predicted octanol–water partition coefficient (Wildman–Crippen LogP) is -4.94. The fourth-order valence-corrected chi connectivity index (χ4v) is 2.36. The van der Waals surface area contributed by atoms with Crippen molar-refractivity contribution in [1.82, 2.24) is 5.32 Å². The van der Waals surface area contributed by atoms with E-state index in [0.29, 0.717) is 0 Å². The highest BCUT2D eigenvalue weighted by Crippen LogP contribution is 2.30. The summed E-state index contributed by atoms with van der Waals surface area (Å²) in [5.74, 6) is -5.74. The van der Waals surface area contributed by atoms with Gasteiger partial charge in [-0.2, -0.15) is 0 Å². The number of amides is 2. The molecule has 0 aromatic carbocycles. The van der Waals surface area contributed by atoms with Crippen molar-refractivity contribution in [2.75, 3.05) is 6.61 Å². The van der Waals surface area contributed by atoms with Crippen LogP contribution in [0.4, 0.5) is 0 Å². The smallest absolute Gasteiger partial charge is 0.252 e. The molecule has 6 atom stereocenters. The second kappa shape index (κ2) is 7.29. The Bertz CT molecular complexity index is 487. The van der Waals surface area contributed by atoms with Gasteiger partial charge in [-0.05, 0) is 0 Å². The molecule has 0 radical (unpaired) electrons. The molecule has 2 amide bonds. The summed E-state index contributed by atoms with van der Waals surface area (Å²) >= 11 is 0. The summed E-state index contributed by atoms with van der Waals surface area (Å²) in [6.45, 7) is 0.219. The molecule has 9 N–H and O–H groups in total. The van der Waals surface area contributed by atoms with Gasteiger partial charge < -0.3 is 41.9 Å². The molecule has 1 rings (SSSR count). The maximum Gasteiger partial charge on any atom is 0.252 e. The topological polar surface area (TPSA) is 205 Å². The van der Waals surface area contributed by atoms with Gasteiger partial charge in [-0.3, -0.25) is 14.4 Å². The van der Waals surface area contributed by atoms with Crippen LogP contribution in [0.25, 0.3) is 0 Å². The largest absolute Gasteiger partial charge is 0.394 e. The van der Waals surface area contributed by atoms with E-state index in [-0.39, 0.29) is 0 Å². The molecule has 0 bridgehead atoms. The molecule has 132 valence electrons. The molecule has 0 aliphatic carbocycles. The summed E-state index contributed by atoms with van der Waals surface area (Å²) in [5.41, 5.74) is 10.4. The molecule has 0 aromatic heterocycles. The molecule has 0 saturated carbocycles. The quantitative estimate of drug-likeness (QED) is 0.248. The van der Waals surface area contributed by atoms with Gasteiger partial charge in [0.25, 0.3) is 5.79 Å². The number of carbonyl (C=O) groups excluding carboxylic acids is 3. The first-order valence-electron chi connectivity index (χ1n) is 6.77. The highest BCUT2D eigenvalue weighted by atomic mass is 16.7. The Kier molecular flexibility index (Phi) is 6.16. The van der Waals surface area contributed by atoms with Crippen LogP contribution < -0.4 is 16.8 Å². The summed E-state index contributed by atoms with van der Waals surface area (Å²) in [6, 6.07) is -3.33. The number of ether oxygens (including phenoxy) is 1. The van der Waals surface area contributed by atoms with Crippen molar-refractivity contribution in [2.24, 2.45) is 11.5 Å². The summed E-state index contributed by atoms with van der Waals surface area (Å²) < 4.78 is 4.98. The molecule has 1 aliphatic heterocycles. The molecule has 1 aliphatic rings. The Morgan fingerprint density at radius 3 is 2.30 bits per heavy atom. The average Bonchev–Trinajstić information content (AvgIpc) is 2.45. The molecule has 23 heavy (non-hydrogen) atoms. The minimum atomic E-state index is -2.85. The van der Waals surface area contributed by atoms with Gasteiger partial charge in [0.1, 0.15) is 24.4 Å². The minimum absolute atomic E-state index is 0.611. The average molecular weight is 335 g/mol. The van der Waals surface area contributed by atoms with Crippen LogP contribution in [0.15, 0.2) is 0 Å². The number of ketones is 1. The molecule has 1 fully saturated rings. The van der Waals surface area contributed by atoms with Crippen LogP contribution in [0.2, 0.25) is 0 Å². The number of carbonyl (C=O) groups is 3. The Labute approximate surface area is 131 Å². The van der Waals surface area contributed by atoms with Crippen molar-refractivity contribution in [3.8, 4) is 0 Å². The van der Waals surface area contributed by atoms with E-state index < -0.39 is 66.8 Å². The van der Waals surface area contributed by atoms with Crippen LogP contribution in [0.1, 0.15) is 13.3 Å². The van der Waals surface area contributed by atoms with Crippen LogP contribution in [0.3, 0.4) is 0 Å². The number of aliphatic hydroxyl groups is 4. The lowest BCUT2D eigenvalue weighted by Gasteiger charge is -2.47. The number of aliphatic hydroxyl groups excluding tert-OH is 3. The maximum absolute atomic E-state index is 12.3. The highest BCUT2D eigenvalue weighted by molar-refractivity contribution is 5.95. The van der Waals surface area contributed by atoms with Gasteiger partial charge in [-0.15, -0.1) is 0 Å². The fraction of sp³-hybridized carbons (Fsp3) is 0.750. The lowest BCUT2D eigenvalue weighted by atomic mass is 9.85. The van der Waals surface area contributed by atoms with Crippen molar-refractivity contribution >= 4 is 17.6 Å². The van der Waals surface area contributed by atoms with Crippen LogP contribution >= 0.6 is 0 Å². The first-order chi connectivity index (χ1) is 10.5. The first-order valence-corrected chi connectivity index (χ1v) is 6.77. The first kappa shape index (κ1) is 19.4. The standard InChI is InChI=1S/C12H21N3O8/c1-4(17)15-10-9(20)8(19)6(3-16)23-12(10,22)11(21)5(13)2-7(14)18/h5-6,8-10,16,19-20,22H,2-3,13H2,1H3,(H2,14,18)(H,15,17)/t5-,6+,8+,9-,10+,12?/m0/s1. The summed E-state index contributed by atoms with van der Waals surface area (Å²) in [5, 5.41) is 41.6. The van der Waals surface area contributed by atoms with E-state index >= 15 is 0 Å². The number of hydrogen-bond donors (Lipinski definition) is 7. The second-order valence-electron chi connectivity index (χ2n) is 5.34. The SMILES string of the molecule is CC(=O)N[C@@H]1[C@@H](O)[C@H](O)[C@@H](CO)OC1(O)C(=O)[C@@H](N)CC(N)=O. The summed E-state index contributed by atoms with van der Waals surface area (Å²) in [6.07, 6.45) is -5.64. The van der Waals surface area contributed by atoms with Gasteiger partial charge in [0.05, 0.1) is 12.6 Å². The zero-order chi connectivity index (χ0) is 17.9. The molecule has 11 heteroatoms. The van der Waals surface area contributed by atoms with Crippen LogP contribution in [0.5, 0.6) is 0 Å². The molecular weight excluding hydrogens is 314 g/mol. The number of hydrogen-bond acceptors (Lipinski definition) is 9. The van der Waals surface area contributed by atoms with Gasteiger partial charge >= 0.3 is 0 Å². The monoisotopic (exact) mass is 335 g/mol. The lowest BCUT2D eigenvalue weighted by Crippen LogP contribution is -2.74. The van der Waals surface area contributed by atoms with E-state index in [1.165, 1.54) is 0 Å². The molecule has 1 saturated heterocycles. The number of nitrogens with one attached hydrogen (secondary N) is 1. The molecule has 1 heterocycles. The Morgan fingerprint density at radius 2 is 1.87 bits per heavy atom. The van der Waals surface area contributed by atoms with Crippen LogP contribution in [0, 0.1) is 0 Å². The lowest BCUT2D eigenvalue weighted by molar-refractivity contribution is -0.302. The Balaban J connectivity index is 3.19. The van der Waals surface area contributed by atoms with Crippen molar-refractivity contribution in [2.45, 2.75) is 49.5 Å². The van der Waals surface area contributed by atoms with E-state index in [2.05, 4.69) is 5.32 Å². The van der Waals surface area contributed by atoms with Crippen molar-refractivity contribution in [3.63, 3.8) is 0 Å². The van der Waals surface area contributed by atoms with E-state index in [1.807, 2.05) is 0 Å². The summed E-state index contributed by atoms with van der Waals surface area (Å²) in [4.78, 5) is 34.4. The van der Waals surface area contributed by atoms with Gasteiger partial charge in [-0.25, -0.2) is 0 Å². The number of primary amides is 1. The van der Waals surface area contributed by atoms with Gasteiger partial charge in [-0.1, -0.05) is 0 Å². The zero-order valence-corrected chi connectivity index (χ0v) is 12.4. The Morgan fingerprint density at radius 1 is 1.30 bits per heavy atom. The molecular formula is C12H21N3O8. The van der Waals surface area contributed by atoms with Crippen LogP contribution in [-0.2, 0) is 19.1 Å². The van der Waals surface area contributed by atoms with Gasteiger partial charge in [0.15, 0.2) is 0 Å². The molecule has 1 unspecified atom stereocenters. The third-order valence-electron chi connectivity index (χ3n) is 3.47. The number of Topliss-reactive ketones (excluding diaryl/α,β-unsaturated/α-hetero) is 1. The maximum atomic E-state index is 12.3. The van der Waals surface area contributed by atoms with E-state index in [4.69, 9.17) is 21.3 Å². The number of nitrogens with two attached hydrogens (primary N) is 2. The van der Waals surface area contributed by atoms with E-state index in [0.717, 1.165) is 6.92 Å². The normalized spacial score (nSPS) is 35.4. The van der Waals surface area contributed by atoms with Crippen molar-refractivity contribution in [3.05, 3.63) is 0 Å². The van der Waals surface area contributed by atoms with Gasteiger partial charge in [0.2, 0.25) is 17.6 Å². The number of rotatable bonds is 6. The third kappa shape index (κ3) is 4.02. The molecule has 0 spiro atoms. The van der Waals surface area contributed by atoms with Crippen molar-refractivity contribution in [1.29, 1.82) is 0 Å². The predicted molar refractivity (Wildman–Crippen MR) is 73.3 cm³/mol. The Hall–Kier alpha value is -1.63. The zero-order valence-electron chi connectivity index (χ0n) is 12.4. The van der Waals surface area contributed by atoms with Crippen molar-refractivity contribution < 1.29 is 39.5 Å². The highest BCUT2D eigenvalue weighted by Gasteiger charge is 2.58. The van der Waals surface area contributed by atoms with Gasteiger partial charge in [0, 0.05) is 13.3 Å². The molecule has 0 aromatic rings. The summed E-state index contributed by atoms with van der Waals surface area (Å²) in [7, 11) is 0.